The molecule has 0 atom stereocenters. The van der Waals surface area contributed by atoms with Gasteiger partial charge >= 0.3 is 0 Å². The van der Waals surface area contributed by atoms with Crippen molar-refractivity contribution in [2.24, 2.45) is 5.73 Å². The highest BCUT2D eigenvalue weighted by Gasteiger charge is 2.20. The third kappa shape index (κ3) is 5.33. The number of hydrogen-bond donors (Lipinski definition) is 3. The van der Waals surface area contributed by atoms with E-state index in [1.54, 1.807) is 30.3 Å². The van der Waals surface area contributed by atoms with Gasteiger partial charge in [-0.1, -0.05) is 17.7 Å². The minimum Gasteiger partial charge on any atom is -0.495 e. The highest BCUT2D eigenvalue weighted by molar-refractivity contribution is 6.32. The summed E-state index contributed by atoms with van der Waals surface area (Å²) in [4.78, 5) is 21.5. The number of nitrogens with zero attached hydrogens (tertiary/aromatic N) is 7. The fourth-order valence-electron chi connectivity index (χ4n) is 4.16. The van der Waals surface area contributed by atoms with Crippen LogP contribution in [0.4, 0.5) is 5.82 Å². The minimum atomic E-state index is -0.542. The summed E-state index contributed by atoms with van der Waals surface area (Å²) < 4.78 is 8.73. The van der Waals surface area contributed by atoms with Crippen molar-refractivity contribution in [1.82, 2.24) is 39.8 Å². The number of hydrogen-bond acceptors (Lipinski definition) is 9. The van der Waals surface area contributed by atoms with Crippen molar-refractivity contribution >= 4 is 45.1 Å². The lowest BCUT2D eigenvalue weighted by atomic mass is 10.1. The molecule has 202 valence electrons. The van der Waals surface area contributed by atoms with Gasteiger partial charge in [-0.05, 0) is 38.5 Å². The van der Waals surface area contributed by atoms with Gasteiger partial charge in [-0.15, -0.1) is 10.2 Å². The van der Waals surface area contributed by atoms with Gasteiger partial charge in [0.2, 0.25) is 0 Å². The van der Waals surface area contributed by atoms with Gasteiger partial charge in [0, 0.05) is 48.3 Å². The van der Waals surface area contributed by atoms with Crippen LogP contribution in [0.25, 0.3) is 27.6 Å². The molecule has 0 spiro atoms. The van der Waals surface area contributed by atoms with Crippen LogP contribution in [0.1, 0.15) is 36.8 Å². The Balaban J connectivity index is 1.54. The van der Waals surface area contributed by atoms with Gasteiger partial charge in [-0.25, -0.2) is 14.6 Å². The number of halogens is 1. The summed E-state index contributed by atoms with van der Waals surface area (Å²) in [6.07, 6.45) is 6.64. The molecule has 0 aliphatic carbocycles. The Morgan fingerprint density at radius 2 is 2.00 bits per heavy atom. The molecule has 1 aromatic carbocycles. The first-order valence-corrected chi connectivity index (χ1v) is 12.7. The molecule has 5 aromatic rings. The van der Waals surface area contributed by atoms with E-state index < -0.39 is 5.54 Å². The quantitative estimate of drug-likeness (QED) is 0.252. The molecular weight excluding hydrogens is 520 g/mol. The standard InChI is InChI=1S/C26H29ClN10O2/c1-5-37-23-17(11-33-37)21-16(10-30-23)24(36-12-19(32-14-36)25(38)31-13-26(2,3)28)35-34-22(21)29-9-15-6-7-20(39-4)18(27)8-15/h6-8,10-12,14H,5,9,13,28H2,1-4H3,(H,29,34)(H,31,38). The third-order valence-electron chi connectivity index (χ3n) is 6.13. The van der Waals surface area contributed by atoms with E-state index in [1.165, 1.54) is 6.33 Å². The smallest absolute Gasteiger partial charge is 0.271 e. The minimum absolute atomic E-state index is 0.237. The summed E-state index contributed by atoms with van der Waals surface area (Å²) in [6.45, 7) is 7.10. The summed E-state index contributed by atoms with van der Waals surface area (Å²) in [5.74, 6) is 1.32. The number of imidazole rings is 1. The van der Waals surface area contributed by atoms with E-state index in [0.29, 0.717) is 42.0 Å². The Morgan fingerprint density at radius 1 is 1.18 bits per heavy atom. The van der Waals surface area contributed by atoms with Crippen LogP contribution < -0.4 is 21.1 Å². The Bertz CT molecular complexity index is 1670. The Labute approximate surface area is 229 Å². The number of carbonyl (C=O) groups is 1. The van der Waals surface area contributed by atoms with E-state index in [0.717, 1.165) is 27.4 Å². The Morgan fingerprint density at radius 3 is 2.72 bits per heavy atom. The Kier molecular flexibility index (Phi) is 7.06. The van der Waals surface area contributed by atoms with E-state index in [1.807, 2.05) is 43.7 Å². The maximum absolute atomic E-state index is 12.6. The van der Waals surface area contributed by atoms with Crippen molar-refractivity contribution in [3.8, 4) is 11.6 Å². The number of carbonyl (C=O) groups excluding carboxylic acids is 1. The van der Waals surface area contributed by atoms with E-state index >= 15 is 0 Å². The second-order valence-corrected chi connectivity index (χ2v) is 10.2. The third-order valence-corrected chi connectivity index (χ3v) is 6.42. The monoisotopic (exact) mass is 548 g/mol. The van der Waals surface area contributed by atoms with Crippen LogP contribution in [0, 0.1) is 0 Å². The molecule has 0 fully saturated rings. The molecule has 0 unspecified atom stereocenters. The number of ether oxygens (including phenoxy) is 1. The van der Waals surface area contributed by atoms with E-state index in [2.05, 4.69) is 35.9 Å². The zero-order valence-electron chi connectivity index (χ0n) is 22.1. The maximum atomic E-state index is 12.6. The van der Waals surface area contributed by atoms with Crippen LogP contribution in [-0.2, 0) is 13.1 Å². The lowest BCUT2D eigenvalue weighted by Crippen LogP contribution is -2.45. The number of rotatable bonds is 9. The summed E-state index contributed by atoms with van der Waals surface area (Å²) in [6, 6.07) is 5.59. The number of anilines is 1. The molecule has 0 saturated heterocycles. The van der Waals surface area contributed by atoms with E-state index in [9.17, 15) is 4.79 Å². The molecule has 0 saturated carbocycles. The second kappa shape index (κ2) is 10.5. The number of aryl methyl sites for hydroxylation is 1. The van der Waals surface area contributed by atoms with E-state index in [4.69, 9.17) is 22.1 Å². The lowest BCUT2D eigenvalue weighted by molar-refractivity contribution is 0.0941. The highest BCUT2D eigenvalue weighted by Crippen LogP contribution is 2.32. The number of fused-ring (bicyclic) bond motifs is 3. The van der Waals surface area contributed by atoms with Crippen molar-refractivity contribution in [3.63, 3.8) is 0 Å². The number of aromatic nitrogens is 7. The van der Waals surface area contributed by atoms with Gasteiger partial charge in [0.25, 0.3) is 5.91 Å². The fraction of sp³-hybridized carbons (Fsp3) is 0.308. The van der Waals surface area contributed by atoms with Gasteiger partial charge < -0.3 is 21.1 Å². The zero-order chi connectivity index (χ0) is 27.7. The molecule has 0 radical (unpaired) electrons. The largest absolute Gasteiger partial charge is 0.495 e. The van der Waals surface area contributed by atoms with Crippen LogP contribution in [0.5, 0.6) is 5.75 Å². The van der Waals surface area contributed by atoms with Crippen LogP contribution in [0.3, 0.4) is 0 Å². The van der Waals surface area contributed by atoms with Gasteiger partial charge in [0.05, 0.1) is 23.7 Å². The molecule has 0 aliphatic heterocycles. The van der Waals surface area contributed by atoms with Gasteiger partial charge in [0.1, 0.15) is 17.8 Å². The molecule has 4 aromatic heterocycles. The topological polar surface area (TPSA) is 151 Å². The SMILES string of the molecule is CCn1ncc2c3c(NCc4ccc(OC)c(Cl)c4)nnc(-n4cnc(C(=O)NCC(C)(C)N)c4)c3cnc21. The molecule has 13 heteroatoms. The van der Waals surface area contributed by atoms with Gasteiger partial charge in [-0.3, -0.25) is 9.36 Å². The molecule has 0 bridgehead atoms. The van der Waals surface area contributed by atoms with Crippen LogP contribution in [0.15, 0.2) is 43.1 Å². The molecule has 5 rings (SSSR count). The average Bonchev–Trinajstić information content (AvgIpc) is 3.57. The number of pyridine rings is 1. The number of amides is 1. The number of nitrogens with one attached hydrogen (secondary N) is 2. The first-order valence-electron chi connectivity index (χ1n) is 12.4. The molecule has 0 aliphatic rings. The Hall–Kier alpha value is -4.29. The van der Waals surface area contributed by atoms with Crippen molar-refractivity contribution in [2.75, 3.05) is 19.0 Å². The number of methoxy groups -OCH3 is 1. The van der Waals surface area contributed by atoms with Crippen molar-refractivity contribution in [3.05, 3.63) is 59.4 Å². The number of benzene rings is 1. The molecule has 39 heavy (non-hydrogen) atoms. The first-order chi connectivity index (χ1) is 18.7. The molecule has 4 N–H and O–H groups in total. The molecular formula is C26H29ClN10O2. The van der Waals surface area contributed by atoms with Crippen molar-refractivity contribution in [2.45, 2.75) is 39.4 Å². The molecule has 1 amide bonds. The highest BCUT2D eigenvalue weighted by atomic mass is 35.5. The first kappa shape index (κ1) is 26.3. The van der Waals surface area contributed by atoms with Gasteiger partial charge in [-0.2, -0.15) is 5.10 Å². The summed E-state index contributed by atoms with van der Waals surface area (Å²) >= 11 is 6.31. The predicted octanol–water partition coefficient (Wildman–Crippen LogP) is 3.32. The van der Waals surface area contributed by atoms with Crippen LogP contribution in [-0.4, -0.2) is 59.6 Å². The summed E-state index contributed by atoms with van der Waals surface area (Å²) in [5, 5.41) is 22.5. The van der Waals surface area contributed by atoms with Crippen LogP contribution in [0.2, 0.25) is 5.02 Å². The second-order valence-electron chi connectivity index (χ2n) is 9.78. The normalized spacial score (nSPS) is 11.7. The average molecular weight is 549 g/mol. The zero-order valence-corrected chi connectivity index (χ0v) is 22.8. The van der Waals surface area contributed by atoms with Crippen molar-refractivity contribution < 1.29 is 9.53 Å². The number of nitrogens with two attached hydrogens (primary N) is 1. The molecule has 12 nitrogen and oxygen atoms in total. The summed E-state index contributed by atoms with van der Waals surface area (Å²) in [5.41, 5.74) is 7.35. The van der Waals surface area contributed by atoms with Crippen LogP contribution >= 0.6 is 11.6 Å². The van der Waals surface area contributed by atoms with Gasteiger partial charge in [0.15, 0.2) is 17.3 Å². The fourth-order valence-corrected chi connectivity index (χ4v) is 4.44. The lowest BCUT2D eigenvalue weighted by Gasteiger charge is -2.18. The van der Waals surface area contributed by atoms with Crippen molar-refractivity contribution in [1.29, 1.82) is 0 Å². The van der Waals surface area contributed by atoms with E-state index in [-0.39, 0.29) is 11.6 Å². The maximum Gasteiger partial charge on any atom is 0.271 e. The summed E-state index contributed by atoms with van der Waals surface area (Å²) in [7, 11) is 1.58. The predicted molar refractivity (Wildman–Crippen MR) is 149 cm³/mol. The molecule has 4 heterocycles.